The van der Waals surface area contributed by atoms with Gasteiger partial charge in [0, 0.05) is 19.3 Å². The highest BCUT2D eigenvalue weighted by molar-refractivity contribution is 6.02. The molecule has 0 aliphatic heterocycles. The Kier molecular flexibility index (Phi) is 5.49. The van der Waals surface area contributed by atoms with E-state index in [-0.39, 0.29) is 11.9 Å². The minimum absolute atomic E-state index is 0.170. The molecule has 142 valence electrons. The zero-order valence-corrected chi connectivity index (χ0v) is 16.7. The van der Waals surface area contributed by atoms with Gasteiger partial charge in [0.25, 0.3) is 0 Å². The molecule has 1 heterocycles. The number of urea groups is 1. The normalized spacial score (nSPS) is 11.4. The quantitative estimate of drug-likeness (QED) is 0.651. The fourth-order valence-electron chi connectivity index (χ4n) is 3.29. The number of hydrogen-bond acceptors (Lipinski definition) is 2. The van der Waals surface area contributed by atoms with E-state index >= 15 is 0 Å². The molecule has 0 saturated carbocycles. The first-order valence-corrected chi connectivity index (χ1v) is 9.46. The Bertz CT molecular complexity index is 942. The molecule has 2 aromatic carbocycles. The third kappa shape index (κ3) is 4.13. The molecule has 1 N–H and O–H groups in total. The lowest BCUT2D eigenvalue weighted by atomic mass is 10.1. The molecule has 0 radical (unpaired) electrons. The topological polar surface area (TPSA) is 50.2 Å². The molecule has 0 spiro atoms. The summed E-state index contributed by atoms with van der Waals surface area (Å²) in [5, 5.41) is 9.80. The number of nitrogens with zero attached hydrogens (tertiary/aromatic N) is 3. The minimum atomic E-state index is -0.170. The second-order valence-corrected chi connectivity index (χ2v) is 7.69. The average molecular weight is 364 g/mol. The Morgan fingerprint density at radius 3 is 2.48 bits per heavy atom. The number of rotatable bonds is 5. The van der Waals surface area contributed by atoms with Gasteiger partial charge < -0.3 is 5.32 Å². The van der Waals surface area contributed by atoms with E-state index in [1.165, 1.54) is 0 Å². The molecule has 27 heavy (non-hydrogen) atoms. The number of aromatic nitrogens is 2. The van der Waals surface area contributed by atoms with Crippen LogP contribution in [0.3, 0.4) is 0 Å². The van der Waals surface area contributed by atoms with Crippen LogP contribution in [0.25, 0.3) is 10.8 Å². The third-order valence-corrected chi connectivity index (χ3v) is 4.63. The zero-order chi connectivity index (χ0) is 19.6. The zero-order valence-electron chi connectivity index (χ0n) is 16.7. The predicted molar refractivity (Wildman–Crippen MR) is 113 cm³/mol. The number of amides is 2. The molecule has 0 unspecified atom stereocenters. The summed E-state index contributed by atoms with van der Waals surface area (Å²) in [5.74, 6) is 0.763. The maximum atomic E-state index is 12.8. The van der Waals surface area contributed by atoms with Gasteiger partial charge in [-0.1, -0.05) is 58.0 Å². The number of anilines is 2. The Hall–Kier alpha value is -2.82. The Balaban J connectivity index is 1.82. The van der Waals surface area contributed by atoms with Crippen LogP contribution in [0.5, 0.6) is 0 Å². The number of carbonyl (C=O) groups is 1. The number of benzene rings is 2. The minimum Gasteiger partial charge on any atom is -0.304 e. The summed E-state index contributed by atoms with van der Waals surface area (Å²) in [5.41, 5.74) is 2.69. The lowest BCUT2D eigenvalue weighted by Crippen LogP contribution is -2.31. The first kappa shape index (κ1) is 19.0. The maximum absolute atomic E-state index is 12.8. The number of fused-ring (bicyclic) bond motifs is 1. The number of hydrogen-bond donors (Lipinski definition) is 1. The third-order valence-electron chi connectivity index (χ3n) is 4.63. The van der Waals surface area contributed by atoms with Crippen LogP contribution in [0.15, 0.2) is 48.7 Å². The summed E-state index contributed by atoms with van der Waals surface area (Å²) in [6, 6.07) is 14.0. The molecule has 5 nitrogen and oxygen atoms in total. The molecule has 3 aromatic rings. The summed E-state index contributed by atoms with van der Waals surface area (Å²) >= 11 is 0. The highest BCUT2D eigenvalue weighted by Crippen LogP contribution is 2.26. The van der Waals surface area contributed by atoms with Crippen molar-refractivity contribution in [1.82, 2.24) is 9.78 Å². The molecular weight excluding hydrogens is 336 g/mol. The number of carbonyl (C=O) groups excluding carboxylic acids is 1. The predicted octanol–water partition coefficient (Wildman–Crippen LogP) is 5.48. The van der Waals surface area contributed by atoms with E-state index in [1.54, 1.807) is 18.1 Å². The summed E-state index contributed by atoms with van der Waals surface area (Å²) < 4.78 is 2.00. The van der Waals surface area contributed by atoms with Crippen LogP contribution >= 0.6 is 0 Å². The van der Waals surface area contributed by atoms with E-state index in [2.05, 4.69) is 50.2 Å². The van der Waals surface area contributed by atoms with Crippen molar-refractivity contribution in [3.63, 3.8) is 0 Å². The Labute approximate surface area is 161 Å². The molecule has 0 aliphatic carbocycles. The van der Waals surface area contributed by atoms with E-state index in [4.69, 9.17) is 0 Å². The molecule has 0 bridgehead atoms. The number of nitrogens with one attached hydrogen (secondary N) is 1. The summed E-state index contributed by atoms with van der Waals surface area (Å²) in [7, 11) is 1.78. The van der Waals surface area contributed by atoms with Crippen molar-refractivity contribution in [1.29, 1.82) is 0 Å². The lowest BCUT2D eigenvalue weighted by molar-refractivity contribution is 0.258. The highest BCUT2D eigenvalue weighted by Gasteiger charge is 2.19. The Morgan fingerprint density at radius 1 is 1.11 bits per heavy atom. The van der Waals surface area contributed by atoms with Gasteiger partial charge in [0.2, 0.25) is 0 Å². The molecule has 5 heteroatoms. The van der Waals surface area contributed by atoms with Gasteiger partial charge >= 0.3 is 6.03 Å². The van der Waals surface area contributed by atoms with Crippen molar-refractivity contribution in [2.45, 2.75) is 40.2 Å². The van der Waals surface area contributed by atoms with Gasteiger partial charge in [0.15, 0.2) is 0 Å². The molecule has 2 amide bonds. The van der Waals surface area contributed by atoms with Gasteiger partial charge in [-0.3, -0.25) is 9.58 Å². The summed E-state index contributed by atoms with van der Waals surface area (Å²) in [4.78, 5) is 14.5. The van der Waals surface area contributed by atoms with Gasteiger partial charge in [-0.15, -0.1) is 0 Å². The van der Waals surface area contributed by atoms with E-state index in [0.717, 1.165) is 34.4 Å². The van der Waals surface area contributed by atoms with Crippen LogP contribution in [0.4, 0.5) is 16.2 Å². The van der Waals surface area contributed by atoms with Crippen LogP contribution in [-0.4, -0.2) is 22.9 Å². The fraction of sp³-hybridized carbons (Fsp3) is 0.364. The molecule has 0 aliphatic rings. The van der Waals surface area contributed by atoms with E-state index in [9.17, 15) is 4.79 Å². The van der Waals surface area contributed by atoms with Crippen molar-refractivity contribution in [3.05, 3.63) is 54.4 Å². The summed E-state index contributed by atoms with van der Waals surface area (Å²) in [6.07, 6.45) is 1.75. The SMILES string of the molecule is CC(C)Cn1ncc(NC(=O)N(C)c2ccc3ccccc3c2)c1C(C)C. The van der Waals surface area contributed by atoms with Crippen molar-refractivity contribution >= 4 is 28.2 Å². The van der Waals surface area contributed by atoms with Crippen LogP contribution < -0.4 is 10.2 Å². The van der Waals surface area contributed by atoms with E-state index < -0.39 is 0 Å². The lowest BCUT2D eigenvalue weighted by Gasteiger charge is -2.20. The molecule has 0 saturated heterocycles. The van der Waals surface area contributed by atoms with Crippen molar-refractivity contribution < 1.29 is 4.79 Å². The highest BCUT2D eigenvalue weighted by atomic mass is 16.2. The van der Waals surface area contributed by atoms with Gasteiger partial charge in [0.05, 0.1) is 17.6 Å². The molecule has 1 aromatic heterocycles. The van der Waals surface area contributed by atoms with E-state index in [1.807, 2.05) is 35.0 Å². The van der Waals surface area contributed by atoms with Crippen molar-refractivity contribution in [2.75, 3.05) is 17.3 Å². The second kappa shape index (κ2) is 7.82. The molecule has 0 atom stereocenters. The smallest absolute Gasteiger partial charge is 0.304 e. The van der Waals surface area contributed by atoms with E-state index in [0.29, 0.717) is 5.92 Å². The molecule has 0 fully saturated rings. The molecular formula is C22H28N4O. The summed E-state index contributed by atoms with van der Waals surface area (Å²) in [6.45, 7) is 9.41. The van der Waals surface area contributed by atoms with Crippen molar-refractivity contribution in [2.24, 2.45) is 5.92 Å². The fourth-order valence-corrected chi connectivity index (χ4v) is 3.29. The standard InChI is InChI=1S/C22H28N4O/c1-15(2)14-26-21(16(3)4)20(13-23-26)24-22(27)25(5)19-11-10-17-8-6-7-9-18(17)12-19/h6-13,15-16H,14H2,1-5H3,(H,24,27). The van der Waals surface area contributed by atoms with Crippen molar-refractivity contribution in [3.8, 4) is 0 Å². The monoisotopic (exact) mass is 364 g/mol. The Morgan fingerprint density at radius 2 is 1.81 bits per heavy atom. The van der Waals surface area contributed by atoms with Gasteiger partial charge in [-0.25, -0.2) is 4.79 Å². The molecule has 3 rings (SSSR count). The average Bonchev–Trinajstić information content (AvgIpc) is 3.02. The van der Waals surface area contributed by atoms with Gasteiger partial charge in [-0.05, 0) is 34.7 Å². The largest absolute Gasteiger partial charge is 0.326 e. The second-order valence-electron chi connectivity index (χ2n) is 7.69. The first-order chi connectivity index (χ1) is 12.9. The van der Waals surface area contributed by atoms with Crippen LogP contribution in [0.1, 0.15) is 39.3 Å². The van der Waals surface area contributed by atoms with Crippen LogP contribution in [0, 0.1) is 5.92 Å². The first-order valence-electron chi connectivity index (χ1n) is 9.46. The maximum Gasteiger partial charge on any atom is 0.326 e. The van der Waals surface area contributed by atoms with Crippen LogP contribution in [0.2, 0.25) is 0 Å². The van der Waals surface area contributed by atoms with Gasteiger partial charge in [-0.2, -0.15) is 5.10 Å². The van der Waals surface area contributed by atoms with Gasteiger partial charge in [0.1, 0.15) is 0 Å². The van der Waals surface area contributed by atoms with Crippen LogP contribution in [-0.2, 0) is 6.54 Å².